The van der Waals surface area contributed by atoms with Gasteiger partial charge in [0.1, 0.15) is 15.4 Å². The van der Waals surface area contributed by atoms with Crippen molar-refractivity contribution < 1.29 is 26.4 Å². The molecule has 1 aliphatic carbocycles. The highest BCUT2D eigenvalue weighted by Gasteiger charge is 2.59. The first kappa shape index (κ1) is 26.4. The fourth-order valence-electron chi connectivity index (χ4n) is 5.57. The van der Waals surface area contributed by atoms with E-state index in [2.05, 4.69) is 4.90 Å². The molecule has 38 heavy (non-hydrogen) atoms. The number of alkyl halides is 3. The zero-order valence-corrected chi connectivity index (χ0v) is 22.2. The van der Waals surface area contributed by atoms with Crippen LogP contribution in [0.25, 0.3) is 0 Å². The highest BCUT2D eigenvalue weighted by molar-refractivity contribution is 7.91. The maximum Gasteiger partial charge on any atom is 0.417 e. The summed E-state index contributed by atoms with van der Waals surface area (Å²) in [6, 6.07) is 12.2. The molecule has 7 nitrogen and oxygen atoms in total. The Bertz CT molecular complexity index is 1440. The molecule has 2 saturated heterocycles. The Morgan fingerprint density at radius 3 is 2.11 bits per heavy atom. The lowest BCUT2D eigenvalue weighted by molar-refractivity contribution is -0.137. The zero-order valence-electron chi connectivity index (χ0n) is 20.5. The number of carbonyl (C=O) groups excluding carboxylic acids is 1. The minimum atomic E-state index is -4.76. The monoisotopic (exact) mass is 562 g/mol. The minimum Gasteiger partial charge on any atom is -0.371 e. The largest absolute Gasteiger partial charge is 0.417 e. The summed E-state index contributed by atoms with van der Waals surface area (Å²) in [5.41, 5.74) is -1.05. The lowest BCUT2D eigenvalue weighted by atomic mass is 9.75. The van der Waals surface area contributed by atoms with Gasteiger partial charge in [-0.3, -0.25) is 9.69 Å². The maximum atomic E-state index is 13.6. The van der Waals surface area contributed by atoms with Gasteiger partial charge in [0.15, 0.2) is 5.11 Å². The summed E-state index contributed by atoms with van der Waals surface area (Å²) in [4.78, 5) is 18.6. The van der Waals surface area contributed by atoms with Crippen LogP contribution in [0.4, 0.5) is 30.2 Å². The van der Waals surface area contributed by atoms with Gasteiger partial charge < -0.3 is 9.80 Å². The molecule has 5 rings (SSSR count). The number of halogens is 3. The first-order valence-corrected chi connectivity index (χ1v) is 14.6. The Kier molecular flexibility index (Phi) is 6.43. The van der Waals surface area contributed by atoms with Crippen molar-refractivity contribution in [3.63, 3.8) is 0 Å². The van der Waals surface area contributed by atoms with Crippen LogP contribution in [-0.4, -0.2) is 49.6 Å². The molecule has 2 aliphatic heterocycles. The van der Waals surface area contributed by atoms with Crippen molar-refractivity contribution >= 4 is 50.1 Å². The van der Waals surface area contributed by atoms with Crippen molar-refractivity contribution in [3.8, 4) is 6.07 Å². The third-order valence-corrected chi connectivity index (χ3v) is 9.85. The molecule has 3 aliphatic rings. The molecule has 12 heteroatoms. The van der Waals surface area contributed by atoms with Crippen molar-refractivity contribution in [2.24, 2.45) is 0 Å². The normalized spacial score (nSPS) is 20.1. The molecule has 1 saturated carbocycles. The molecular weight excluding hydrogens is 537 g/mol. The Balaban J connectivity index is 1.43. The van der Waals surface area contributed by atoms with Crippen LogP contribution in [0.1, 0.15) is 43.2 Å². The summed E-state index contributed by atoms with van der Waals surface area (Å²) >= 11 is 5.67. The molecule has 0 aromatic heterocycles. The van der Waals surface area contributed by atoms with E-state index in [0.717, 1.165) is 29.1 Å². The van der Waals surface area contributed by atoms with Crippen LogP contribution in [0.15, 0.2) is 42.5 Å². The van der Waals surface area contributed by atoms with Crippen molar-refractivity contribution in [3.05, 3.63) is 53.6 Å². The first-order valence-electron chi connectivity index (χ1n) is 12.2. The number of benzene rings is 2. The summed E-state index contributed by atoms with van der Waals surface area (Å²) in [6.07, 6.45) is -0.569. The SMILES string of the molecule is CS(=O)(=O)C1CCN(c2ccc(N3C(=S)N(c4ccc(C#N)c(C(F)(F)F)c4)C(=O)C34CCC4)cc2)CC1. The van der Waals surface area contributed by atoms with Gasteiger partial charge >= 0.3 is 6.18 Å². The number of hydrogen-bond donors (Lipinski definition) is 0. The molecule has 1 spiro atoms. The predicted octanol–water partition coefficient (Wildman–Crippen LogP) is 4.65. The van der Waals surface area contributed by atoms with E-state index in [9.17, 15) is 26.4 Å². The van der Waals surface area contributed by atoms with Gasteiger partial charge in [-0.05, 0) is 86.8 Å². The van der Waals surface area contributed by atoms with Crippen LogP contribution in [0.5, 0.6) is 0 Å². The number of anilines is 3. The Morgan fingerprint density at radius 2 is 1.61 bits per heavy atom. The Hall–Kier alpha value is -3.17. The second-order valence-electron chi connectivity index (χ2n) is 10.0. The predicted molar refractivity (Wildman–Crippen MR) is 142 cm³/mol. The highest BCUT2D eigenvalue weighted by atomic mass is 32.2. The van der Waals surface area contributed by atoms with E-state index in [1.807, 2.05) is 24.3 Å². The Morgan fingerprint density at radius 1 is 1.03 bits per heavy atom. The minimum absolute atomic E-state index is 0.0227. The fraction of sp³-hybridized carbons (Fsp3) is 0.423. The molecule has 2 aromatic rings. The van der Waals surface area contributed by atoms with E-state index in [4.69, 9.17) is 17.5 Å². The lowest BCUT2D eigenvalue weighted by Crippen LogP contribution is -2.55. The molecule has 1 amide bonds. The second kappa shape index (κ2) is 9.24. The van der Waals surface area contributed by atoms with Crippen LogP contribution in [0.2, 0.25) is 0 Å². The molecule has 3 fully saturated rings. The Labute approximate surface area is 224 Å². The van der Waals surface area contributed by atoms with Crippen LogP contribution >= 0.6 is 12.2 Å². The van der Waals surface area contributed by atoms with E-state index < -0.39 is 32.7 Å². The van der Waals surface area contributed by atoms with Gasteiger partial charge in [-0.15, -0.1) is 0 Å². The van der Waals surface area contributed by atoms with Gasteiger partial charge in [0.05, 0.1) is 28.1 Å². The van der Waals surface area contributed by atoms with Crippen LogP contribution in [0, 0.1) is 11.3 Å². The smallest absolute Gasteiger partial charge is 0.371 e. The summed E-state index contributed by atoms with van der Waals surface area (Å²) in [5.74, 6) is -0.376. The van der Waals surface area contributed by atoms with Crippen molar-refractivity contribution in [1.29, 1.82) is 5.26 Å². The third kappa shape index (κ3) is 4.31. The molecule has 0 bridgehead atoms. The molecule has 200 valence electrons. The van der Waals surface area contributed by atoms with Gasteiger partial charge in [-0.1, -0.05) is 0 Å². The number of sulfone groups is 1. The molecule has 0 N–H and O–H groups in total. The topological polar surface area (TPSA) is 84.7 Å². The highest BCUT2D eigenvalue weighted by Crippen LogP contribution is 2.48. The number of thiocarbonyl (C=S) groups is 1. The molecular formula is C26H25F3N4O3S2. The molecule has 0 radical (unpaired) electrons. The number of rotatable bonds is 4. The van der Waals surface area contributed by atoms with E-state index in [1.54, 1.807) is 11.0 Å². The summed E-state index contributed by atoms with van der Waals surface area (Å²) < 4.78 is 64.5. The van der Waals surface area contributed by atoms with Crippen molar-refractivity contribution in [2.45, 2.75) is 49.1 Å². The number of hydrogen-bond acceptors (Lipinski definition) is 6. The summed E-state index contributed by atoms with van der Waals surface area (Å²) in [5, 5.41) is 8.89. The van der Waals surface area contributed by atoms with Crippen molar-refractivity contribution in [1.82, 2.24) is 0 Å². The average Bonchev–Trinajstić information content (AvgIpc) is 3.09. The molecule has 0 unspecified atom stereocenters. The first-order chi connectivity index (χ1) is 17.9. The number of carbonyl (C=O) groups is 1. The molecule has 0 atom stereocenters. The van der Waals surface area contributed by atoms with E-state index in [1.165, 1.54) is 12.3 Å². The van der Waals surface area contributed by atoms with Gasteiger partial charge in [-0.2, -0.15) is 18.4 Å². The van der Waals surface area contributed by atoms with Crippen LogP contribution in [0.3, 0.4) is 0 Å². The van der Waals surface area contributed by atoms with Gasteiger partial charge in [0.25, 0.3) is 5.91 Å². The van der Waals surface area contributed by atoms with Crippen LogP contribution in [-0.2, 0) is 20.8 Å². The molecule has 2 heterocycles. The van der Waals surface area contributed by atoms with E-state index in [-0.39, 0.29) is 22.0 Å². The number of nitriles is 1. The quantitative estimate of drug-likeness (QED) is 0.502. The van der Waals surface area contributed by atoms with Gasteiger partial charge in [0.2, 0.25) is 0 Å². The number of nitrogens with zero attached hydrogens (tertiary/aromatic N) is 4. The van der Waals surface area contributed by atoms with E-state index >= 15 is 0 Å². The van der Waals surface area contributed by atoms with Crippen molar-refractivity contribution in [2.75, 3.05) is 34.0 Å². The second-order valence-corrected chi connectivity index (χ2v) is 12.7. The third-order valence-electron chi connectivity index (χ3n) is 7.80. The average molecular weight is 563 g/mol. The molecule has 2 aromatic carbocycles. The lowest BCUT2D eigenvalue weighted by Gasteiger charge is -2.43. The number of amides is 1. The maximum absolute atomic E-state index is 13.6. The number of piperidine rings is 1. The summed E-state index contributed by atoms with van der Waals surface area (Å²) in [6.45, 7) is 1.21. The zero-order chi connectivity index (χ0) is 27.5. The van der Waals surface area contributed by atoms with Gasteiger partial charge in [0, 0.05) is 30.7 Å². The fourth-order valence-corrected chi connectivity index (χ4v) is 7.10. The standard InChI is InChI=1S/C26H25F3N4O3S2/c1-38(35,36)21-9-13-31(14-10-21)18-5-7-19(8-6-18)33-24(37)32(23(34)25(33)11-2-12-25)20-4-3-17(16-30)22(15-20)26(27,28)29/h3-8,15,21H,2,9-14H2,1H3. The summed E-state index contributed by atoms with van der Waals surface area (Å²) in [7, 11) is -3.08. The van der Waals surface area contributed by atoms with Gasteiger partial charge in [-0.25, -0.2) is 8.42 Å². The van der Waals surface area contributed by atoms with E-state index in [0.29, 0.717) is 44.5 Å². The van der Waals surface area contributed by atoms with Crippen LogP contribution < -0.4 is 14.7 Å².